The van der Waals surface area contributed by atoms with E-state index < -0.39 is 5.60 Å². The van der Waals surface area contributed by atoms with Gasteiger partial charge in [0.05, 0.1) is 18.8 Å². The maximum Gasteiger partial charge on any atom is 0.410 e. The molecule has 1 amide bonds. The molecule has 1 fully saturated rings. The molecule has 1 aliphatic heterocycles. The molecule has 0 aromatic heterocycles. The Bertz CT molecular complexity index is 523. The molecule has 1 aromatic carbocycles. The number of likely N-dealkylation sites (tertiary alicyclic amines) is 1. The highest BCUT2D eigenvalue weighted by Gasteiger charge is 2.33. The molecule has 1 unspecified atom stereocenters. The minimum atomic E-state index is -0.483. The van der Waals surface area contributed by atoms with Crippen LogP contribution in [0, 0.1) is 0 Å². The Hall–Kier alpha value is -1.91. The van der Waals surface area contributed by atoms with Crippen molar-refractivity contribution >= 4 is 11.8 Å². The van der Waals surface area contributed by atoms with Crippen LogP contribution in [0.5, 0.6) is 5.75 Å². The lowest BCUT2D eigenvalue weighted by Gasteiger charge is -2.29. The number of anilines is 1. The fourth-order valence-corrected chi connectivity index (χ4v) is 2.61. The molecular formula is C16H24N2O3. The minimum Gasteiger partial charge on any atom is -0.495 e. The molecule has 0 radical (unpaired) electrons. The Morgan fingerprint density at radius 1 is 1.38 bits per heavy atom. The van der Waals surface area contributed by atoms with Crippen molar-refractivity contribution in [3.8, 4) is 5.75 Å². The van der Waals surface area contributed by atoms with Crippen molar-refractivity contribution in [1.82, 2.24) is 4.90 Å². The molecule has 21 heavy (non-hydrogen) atoms. The van der Waals surface area contributed by atoms with Crippen molar-refractivity contribution in [2.24, 2.45) is 0 Å². The number of benzene rings is 1. The zero-order valence-electron chi connectivity index (χ0n) is 13.2. The summed E-state index contributed by atoms with van der Waals surface area (Å²) in [6.07, 6.45) is 1.63. The molecule has 5 nitrogen and oxygen atoms in total. The third-order valence-corrected chi connectivity index (χ3v) is 3.52. The second kappa shape index (κ2) is 5.84. The Labute approximate surface area is 126 Å². The van der Waals surface area contributed by atoms with E-state index in [-0.39, 0.29) is 12.1 Å². The minimum absolute atomic E-state index is 0.0213. The Kier molecular flexibility index (Phi) is 4.30. The topological polar surface area (TPSA) is 64.8 Å². The van der Waals surface area contributed by atoms with Gasteiger partial charge in [-0.05, 0) is 51.3 Å². The van der Waals surface area contributed by atoms with Gasteiger partial charge in [-0.2, -0.15) is 0 Å². The Morgan fingerprint density at radius 3 is 2.67 bits per heavy atom. The predicted octanol–water partition coefficient (Wildman–Crippen LogP) is 3.35. The average Bonchev–Trinajstić information content (AvgIpc) is 2.85. The average molecular weight is 292 g/mol. The first-order chi connectivity index (χ1) is 9.81. The molecule has 5 heteroatoms. The molecule has 1 atom stereocenters. The molecule has 0 saturated carbocycles. The summed E-state index contributed by atoms with van der Waals surface area (Å²) in [5, 5.41) is 0. The van der Waals surface area contributed by atoms with Gasteiger partial charge in [0.2, 0.25) is 0 Å². The van der Waals surface area contributed by atoms with Crippen molar-refractivity contribution in [2.45, 2.75) is 45.3 Å². The number of carbonyl (C=O) groups is 1. The van der Waals surface area contributed by atoms with Crippen LogP contribution in [0.3, 0.4) is 0 Å². The third kappa shape index (κ3) is 3.60. The zero-order valence-corrected chi connectivity index (χ0v) is 13.2. The number of nitrogens with two attached hydrogens (primary N) is 1. The van der Waals surface area contributed by atoms with E-state index in [0.717, 1.165) is 18.4 Å². The van der Waals surface area contributed by atoms with Crippen LogP contribution >= 0.6 is 0 Å². The van der Waals surface area contributed by atoms with E-state index in [1.165, 1.54) is 0 Å². The van der Waals surface area contributed by atoms with Crippen LogP contribution in [0.25, 0.3) is 0 Å². The summed E-state index contributed by atoms with van der Waals surface area (Å²) in [6.45, 7) is 6.34. The van der Waals surface area contributed by atoms with Crippen molar-refractivity contribution in [3.63, 3.8) is 0 Å². The van der Waals surface area contributed by atoms with E-state index in [0.29, 0.717) is 18.0 Å². The molecule has 0 aliphatic carbocycles. The highest BCUT2D eigenvalue weighted by molar-refractivity contribution is 5.69. The first kappa shape index (κ1) is 15.5. The van der Waals surface area contributed by atoms with Crippen LogP contribution < -0.4 is 10.5 Å². The molecule has 0 spiro atoms. The summed E-state index contributed by atoms with van der Waals surface area (Å²) in [7, 11) is 1.59. The lowest BCUT2D eigenvalue weighted by molar-refractivity contribution is 0.0224. The van der Waals surface area contributed by atoms with E-state index in [2.05, 4.69) is 0 Å². The fraction of sp³-hybridized carbons (Fsp3) is 0.562. The molecule has 116 valence electrons. The summed E-state index contributed by atoms with van der Waals surface area (Å²) in [5.41, 5.74) is 7.09. The largest absolute Gasteiger partial charge is 0.495 e. The molecule has 1 aliphatic rings. The quantitative estimate of drug-likeness (QED) is 0.849. The van der Waals surface area contributed by atoms with Crippen molar-refractivity contribution in [3.05, 3.63) is 23.8 Å². The van der Waals surface area contributed by atoms with E-state index in [1.807, 2.05) is 39.0 Å². The third-order valence-electron chi connectivity index (χ3n) is 3.52. The van der Waals surface area contributed by atoms with Gasteiger partial charge in [-0.25, -0.2) is 4.79 Å². The van der Waals surface area contributed by atoms with E-state index >= 15 is 0 Å². The predicted molar refractivity (Wildman–Crippen MR) is 82.3 cm³/mol. The van der Waals surface area contributed by atoms with Crippen LogP contribution in [0.15, 0.2) is 18.2 Å². The van der Waals surface area contributed by atoms with Gasteiger partial charge in [0.15, 0.2) is 0 Å². The number of nitrogen functional groups attached to an aromatic ring is 1. The number of hydrogen-bond acceptors (Lipinski definition) is 4. The number of carbonyl (C=O) groups excluding carboxylic acids is 1. The Balaban J connectivity index is 2.18. The van der Waals surface area contributed by atoms with Crippen LogP contribution in [-0.4, -0.2) is 30.2 Å². The van der Waals surface area contributed by atoms with Gasteiger partial charge in [-0.15, -0.1) is 0 Å². The van der Waals surface area contributed by atoms with Gasteiger partial charge < -0.3 is 20.1 Å². The van der Waals surface area contributed by atoms with Gasteiger partial charge >= 0.3 is 6.09 Å². The molecule has 2 rings (SSSR count). The van der Waals surface area contributed by atoms with Gasteiger partial charge in [0.1, 0.15) is 11.4 Å². The Morgan fingerprint density at radius 2 is 2.10 bits per heavy atom. The van der Waals surface area contributed by atoms with Crippen LogP contribution in [0.4, 0.5) is 10.5 Å². The maximum atomic E-state index is 12.3. The van der Waals surface area contributed by atoms with Crippen molar-refractivity contribution in [1.29, 1.82) is 0 Å². The first-order valence-corrected chi connectivity index (χ1v) is 7.25. The van der Waals surface area contributed by atoms with Crippen LogP contribution in [0.1, 0.15) is 45.2 Å². The number of ether oxygens (including phenoxy) is 2. The molecule has 1 saturated heterocycles. The maximum absolute atomic E-state index is 12.3. The zero-order chi connectivity index (χ0) is 15.6. The second-order valence-electron chi connectivity index (χ2n) is 6.33. The number of rotatable bonds is 2. The second-order valence-corrected chi connectivity index (χ2v) is 6.33. The van der Waals surface area contributed by atoms with E-state index in [1.54, 1.807) is 12.0 Å². The number of nitrogens with zero attached hydrogens (tertiary/aromatic N) is 1. The summed E-state index contributed by atoms with van der Waals surface area (Å²) in [4.78, 5) is 14.1. The highest BCUT2D eigenvalue weighted by atomic mass is 16.6. The lowest BCUT2D eigenvalue weighted by atomic mass is 10.0. The van der Waals surface area contributed by atoms with Gasteiger partial charge in [0, 0.05) is 6.54 Å². The molecule has 1 aromatic rings. The van der Waals surface area contributed by atoms with E-state index in [9.17, 15) is 4.79 Å². The summed E-state index contributed by atoms with van der Waals surface area (Å²) >= 11 is 0. The summed E-state index contributed by atoms with van der Waals surface area (Å²) in [5.74, 6) is 0.653. The number of methoxy groups -OCH3 is 1. The summed E-state index contributed by atoms with van der Waals surface area (Å²) in [6, 6.07) is 5.71. The first-order valence-electron chi connectivity index (χ1n) is 7.25. The number of amides is 1. The monoisotopic (exact) mass is 292 g/mol. The van der Waals surface area contributed by atoms with Gasteiger partial charge in [0.25, 0.3) is 0 Å². The molecule has 1 heterocycles. The lowest BCUT2D eigenvalue weighted by Crippen LogP contribution is -2.36. The number of hydrogen-bond donors (Lipinski definition) is 1. The normalized spacial score (nSPS) is 18.7. The van der Waals surface area contributed by atoms with E-state index in [4.69, 9.17) is 15.2 Å². The smallest absolute Gasteiger partial charge is 0.410 e. The van der Waals surface area contributed by atoms with Crippen molar-refractivity contribution in [2.75, 3.05) is 19.4 Å². The summed E-state index contributed by atoms with van der Waals surface area (Å²) < 4.78 is 10.7. The fourth-order valence-electron chi connectivity index (χ4n) is 2.61. The molecular weight excluding hydrogens is 268 g/mol. The molecule has 0 bridgehead atoms. The highest BCUT2D eigenvalue weighted by Crippen LogP contribution is 2.35. The standard InChI is InChI=1S/C16H24N2O3/c1-16(2,3)21-15(19)18-9-5-6-13(18)11-7-8-14(20-4)12(17)10-11/h7-8,10,13H,5-6,9,17H2,1-4H3. The van der Waals surface area contributed by atoms with Crippen molar-refractivity contribution < 1.29 is 14.3 Å². The van der Waals surface area contributed by atoms with Gasteiger partial charge in [-0.3, -0.25) is 0 Å². The molecule has 2 N–H and O–H groups in total. The van der Waals surface area contributed by atoms with Gasteiger partial charge in [-0.1, -0.05) is 6.07 Å². The SMILES string of the molecule is COc1ccc(C2CCCN2C(=O)OC(C)(C)C)cc1N. The van der Waals surface area contributed by atoms with Crippen LogP contribution in [0.2, 0.25) is 0 Å². The van der Waals surface area contributed by atoms with Crippen LogP contribution in [-0.2, 0) is 4.74 Å².